The molecule has 0 aromatic carbocycles. The van der Waals surface area contributed by atoms with Crippen LogP contribution >= 0.6 is 0 Å². The minimum atomic E-state index is -0.643. The van der Waals surface area contributed by atoms with Crippen LogP contribution in [0.4, 0.5) is 4.53 Å². The van der Waals surface area contributed by atoms with Gasteiger partial charge in [-0.25, -0.2) is 0 Å². The van der Waals surface area contributed by atoms with E-state index in [2.05, 4.69) is 4.94 Å². The van der Waals surface area contributed by atoms with Crippen molar-refractivity contribution in [3.63, 3.8) is 0 Å². The van der Waals surface area contributed by atoms with Gasteiger partial charge in [0, 0.05) is 13.7 Å². The van der Waals surface area contributed by atoms with Crippen molar-refractivity contribution in [2.45, 2.75) is 13.2 Å². The van der Waals surface area contributed by atoms with Crippen molar-refractivity contribution >= 4 is 0 Å². The molecule has 0 aromatic heterocycles. The lowest BCUT2D eigenvalue weighted by molar-refractivity contribution is -0.233. The molecule has 12 heavy (non-hydrogen) atoms. The van der Waals surface area contributed by atoms with Crippen molar-refractivity contribution in [2.75, 3.05) is 33.5 Å². The first-order valence-corrected chi connectivity index (χ1v) is 3.80. The van der Waals surface area contributed by atoms with Crippen LogP contribution in [-0.2, 0) is 19.2 Å². The number of methoxy groups -OCH3 is 1. The standard InChI is InChI=1S/C7H15FO4/c1-3-10-7(6-12-8)11-5-4-9-2/h7H,3-6H2,1-2H3. The van der Waals surface area contributed by atoms with Crippen LogP contribution in [0.5, 0.6) is 0 Å². The van der Waals surface area contributed by atoms with Crippen molar-refractivity contribution in [1.82, 2.24) is 0 Å². The van der Waals surface area contributed by atoms with Crippen molar-refractivity contribution in [2.24, 2.45) is 0 Å². The highest BCUT2D eigenvalue weighted by Crippen LogP contribution is 1.96. The van der Waals surface area contributed by atoms with E-state index in [0.29, 0.717) is 19.8 Å². The summed E-state index contributed by atoms with van der Waals surface area (Å²) in [4.78, 5) is 3.40. The van der Waals surface area contributed by atoms with E-state index < -0.39 is 6.29 Å². The molecule has 0 aliphatic rings. The zero-order valence-corrected chi connectivity index (χ0v) is 7.42. The van der Waals surface area contributed by atoms with Crippen LogP contribution in [-0.4, -0.2) is 39.8 Å². The SMILES string of the molecule is CCOC(COF)OCCOC. The normalized spacial score (nSPS) is 13.2. The molecule has 0 fully saturated rings. The fourth-order valence-corrected chi connectivity index (χ4v) is 0.645. The van der Waals surface area contributed by atoms with Gasteiger partial charge >= 0.3 is 0 Å². The molecule has 0 rings (SSSR count). The Morgan fingerprint density at radius 3 is 2.50 bits per heavy atom. The maximum Gasteiger partial charge on any atom is 0.184 e. The molecule has 74 valence electrons. The molecule has 0 saturated heterocycles. The first-order chi connectivity index (χ1) is 5.85. The van der Waals surface area contributed by atoms with Crippen LogP contribution in [0.25, 0.3) is 0 Å². The van der Waals surface area contributed by atoms with Crippen LogP contribution in [0.3, 0.4) is 0 Å². The van der Waals surface area contributed by atoms with Gasteiger partial charge in [0.2, 0.25) is 0 Å². The number of hydrogen-bond acceptors (Lipinski definition) is 4. The monoisotopic (exact) mass is 182 g/mol. The smallest absolute Gasteiger partial charge is 0.184 e. The van der Waals surface area contributed by atoms with Crippen molar-refractivity contribution < 1.29 is 23.7 Å². The lowest BCUT2D eigenvalue weighted by atomic mass is 10.6. The van der Waals surface area contributed by atoms with Gasteiger partial charge in [-0.2, -0.15) is 4.94 Å². The van der Waals surface area contributed by atoms with E-state index in [0.717, 1.165) is 0 Å². The summed E-state index contributed by atoms with van der Waals surface area (Å²) in [5.41, 5.74) is 0. The van der Waals surface area contributed by atoms with Gasteiger partial charge in [0.05, 0.1) is 13.2 Å². The Kier molecular flexibility index (Phi) is 8.69. The van der Waals surface area contributed by atoms with Crippen LogP contribution < -0.4 is 0 Å². The Hall–Kier alpha value is -0.230. The molecule has 1 atom stereocenters. The Labute approximate surface area is 71.4 Å². The first kappa shape index (κ1) is 11.8. The summed E-state index contributed by atoms with van der Waals surface area (Å²) >= 11 is 0. The van der Waals surface area contributed by atoms with E-state index in [1.165, 1.54) is 0 Å². The summed E-state index contributed by atoms with van der Waals surface area (Å²) in [6, 6.07) is 0. The quantitative estimate of drug-likeness (QED) is 0.413. The molecule has 0 N–H and O–H groups in total. The highest BCUT2D eigenvalue weighted by molar-refractivity contribution is 4.39. The summed E-state index contributed by atoms with van der Waals surface area (Å²) in [5, 5.41) is 0. The maximum atomic E-state index is 11.4. The van der Waals surface area contributed by atoms with Gasteiger partial charge < -0.3 is 14.2 Å². The molecule has 0 aliphatic heterocycles. The topological polar surface area (TPSA) is 36.9 Å². The summed E-state index contributed by atoms with van der Waals surface area (Å²) in [6.07, 6.45) is -0.643. The third kappa shape index (κ3) is 6.48. The van der Waals surface area contributed by atoms with Crippen molar-refractivity contribution in [3.8, 4) is 0 Å². The van der Waals surface area contributed by atoms with E-state index in [1.54, 1.807) is 14.0 Å². The second-order valence-electron chi connectivity index (χ2n) is 2.02. The largest absolute Gasteiger partial charge is 0.382 e. The molecule has 0 amide bonds. The minimum absolute atomic E-state index is 0.211. The van der Waals surface area contributed by atoms with Gasteiger partial charge in [-0.05, 0) is 11.4 Å². The molecular formula is C7H15FO4. The zero-order chi connectivity index (χ0) is 9.23. The fourth-order valence-electron chi connectivity index (χ4n) is 0.645. The minimum Gasteiger partial charge on any atom is -0.382 e. The van der Waals surface area contributed by atoms with Crippen LogP contribution in [0.1, 0.15) is 6.92 Å². The van der Waals surface area contributed by atoms with Gasteiger partial charge in [0.15, 0.2) is 6.29 Å². The molecule has 0 aromatic rings. The average molecular weight is 182 g/mol. The molecule has 0 radical (unpaired) electrons. The molecular weight excluding hydrogens is 167 g/mol. The van der Waals surface area contributed by atoms with E-state index in [-0.39, 0.29) is 6.61 Å². The maximum absolute atomic E-state index is 11.4. The fraction of sp³-hybridized carbons (Fsp3) is 1.00. The second kappa shape index (κ2) is 8.86. The Morgan fingerprint density at radius 2 is 2.00 bits per heavy atom. The zero-order valence-electron chi connectivity index (χ0n) is 7.42. The molecule has 0 aliphatic carbocycles. The van der Waals surface area contributed by atoms with E-state index >= 15 is 0 Å². The highest BCUT2D eigenvalue weighted by atomic mass is 19.3. The third-order valence-corrected chi connectivity index (χ3v) is 1.14. The highest BCUT2D eigenvalue weighted by Gasteiger charge is 2.08. The Morgan fingerprint density at radius 1 is 1.25 bits per heavy atom. The number of rotatable bonds is 8. The predicted octanol–water partition coefficient (Wildman–Crippen LogP) is 0.913. The van der Waals surface area contributed by atoms with Gasteiger partial charge in [-0.1, -0.05) is 0 Å². The number of hydrogen-bond donors (Lipinski definition) is 0. The Balaban J connectivity index is 3.34. The van der Waals surface area contributed by atoms with Gasteiger partial charge in [0.1, 0.15) is 6.61 Å². The van der Waals surface area contributed by atoms with Gasteiger partial charge in [0.25, 0.3) is 0 Å². The lowest BCUT2D eigenvalue weighted by Crippen LogP contribution is -2.23. The van der Waals surface area contributed by atoms with Crippen LogP contribution in [0.2, 0.25) is 0 Å². The van der Waals surface area contributed by atoms with Crippen molar-refractivity contribution in [1.29, 1.82) is 0 Å². The third-order valence-electron chi connectivity index (χ3n) is 1.14. The van der Waals surface area contributed by atoms with E-state index in [9.17, 15) is 4.53 Å². The summed E-state index contributed by atoms with van der Waals surface area (Å²) in [6.45, 7) is 2.86. The molecule has 1 unspecified atom stereocenters. The van der Waals surface area contributed by atoms with Crippen LogP contribution in [0, 0.1) is 0 Å². The number of halogens is 1. The summed E-state index contributed by atoms with van der Waals surface area (Å²) < 4.78 is 26.2. The van der Waals surface area contributed by atoms with Crippen LogP contribution in [0.15, 0.2) is 0 Å². The molecule has 4 nitrogen and oxygen atoms in total. The summed E-state index contributed by atoms with van der Waals surface area (Å²) in [7, 11) is 1.56. The molecule has 0 bridgehead atoms. The molecule has 0 saturated carbocycles. The average Bonchev–Trinajstić information content (AvgIpc) is 2.06. The first-order valence-electron chi connectivity index (χ1n) is 3.80. The molecule has 0 heterocycles. The van der Waals surface area contributed by atoms with Gasteiger partial charge in [-0.15, -0.1) is 0 Å². The summed E-state index contributed by atoms with van der Waals surface area (Å²) in [5.74, 6) is 0. The van der Waals surface area contributed by atoms with E-state index in [1.807, 2.05) is 0 Å². The van der Waals surface area contributed by atoms with Crippen molar-refractivity contribution in [3.05, 3.63) is 0 Å². The molecule has 0 spiro atoms. The number of ether oxygens (including phenoxy) is 3. The predicted molar refractivity (Wildman–Crippen MR) is 40.3 cm³/mol. The Bertz CT molecular complexity index is 85.5. The van der Waals surface area contributed by atoms with Gasteiger partial charge in [-0.3, -0.25) is 0 Å². The lowest BCUT2D eigenvalue weighted by Gasteiger charge is -2.14. The second-order valence-corrected chi connectivity index (χ2v) is 2.02. The van der Waals surface area contributed by atoms with E-state index in [4.69, 9.17) is 14.2 Å². The molecule has 5 heteroatoms.